The maximum atomic E-state index is 11.8. The molecule has 2 aromatic rings. The fourth-order valence-electron chi connectivity index (χ4n) is 1.74. The molecule has 2 rings (SSSR count). The molecule has 1 atom stereocenters. The van der Waals surface area contributed by atoms with E-state index in [2.05, 4.69) is 0 Å². The molecular formula is C15H14O3. The minimum absolute atomic E-state index is 0.177. The van der Waals surface area contributed by atoms with Crippen LogP contribution in [0.4, 0.5) is 0 Å². The van der Waals surface area contributed by atoms with Crippen LogP contribution in [-0.2, 0) is 0 Å². The van der Waals surface area contributed by atoms with E-state index in [4.69, 9.17) is 4.74 Å². The summed E-state index contributed by atoms with van der Waals surface area (Å²) in [4.78, 5) is 11.8. The normalized spacial score (nSPS) is 11.9. The summed E-state index contributed by atoms with van der Waals surface area (Å²) in [6, 6.07) is 15.2. The van der Waals surface area contributed by atoms with Crippen LogP contribution in [0.3, 0.4) is 0 Å². The van der Waals surface area contributed by atoms with Crippen LogP contribution in [0.5, 0.6) is 5.75 Å². The number of ether oxygens (including phenoxy) is 1. The number of methoxy groups -OCH3 is 1. The summed E-state index contributed by atoms with van der Waals surface area (Å²) in [5, 5.41) is 10.2. The molecule has 18 heavy (non-hydrogen) atoms. The summed E-state index contributed by atoms with van der Waals surface area (Å²) in [6.07, 6.45) is -0.921. The molecule has 0 saturated heterocycles. The van der Waals surface area contributed by atoms with Crippen LogP contribution in [0.2, 0.25) is 0 Å². The lowest BCUT2D eigenvalue weighted by Crippen LogP contribution is -2.10. The van der Waals surface area contributed by atoms with E-state index in [0.717, 1.165) is 0 Å². The first-order valence-corrected chi connectivity index (χ1v) is 5.63. The first-order chi connectivity index (χ1) is 8.72. The molecule has 0 aromatic heterocycles. The van der Waals surface area contributed by atoms with E-state index in [1.54, 1.807) is 55.6 Å². The van der Waals surface area contributed by atoms with Gasteiger partial charge in [-0.05, 0) is 23.8 Å². The van der Waals surface area contributed by atoms with Crippen LogP contribution in [-0.4, -0.2) is 12.2 Å². The van der Waals surface area contributed by atoms with Gasteiger partial charge in [-0.15, -0.1) is 0 Å². The molecule has 2 aromatic carbocycles. The van der Waals surface area contributed by atoms with Gasteiger partial charge >= 0.3 is 0 Å². The molecule has 0 fully saturated rings. The maximum absolute atomic E-state index is 11.8. The summed E-state index contributed by atoms with van der Waals surface area (Å²) in [6.45, 7) is 0. The standard InChI is InChI=1S/C15H14O3/c1-18-12-9-7-11(8-10-12)15(17)13-5-3-2-4-6-14(13)16/h2-10,15,17H,1H3. The Balaban J connectivity index is 2.39. The van der Waals surface area contributed by atoms with Crippen molar-refractivity contribution in [3.05, 3.63) is 75.9 Å². The lowest BCUT2D eigenvalue weighted by atomic mass is 10.0. The molecular weight excluding hydrogens is 228 g/mol. The maximum Gasteiger partial charge on any atom is 0.184 e. The van der Waals surface area contributed by atoms with Crippen molar-refractivity contribution in [2.75, 3.05) is 7.11 Å². The Bertz CT molecular complexity index is 576. The predicted molar refractivity (Wildman–Crippen MR) is 69.8 cm³/mol. The van der Waals surface area contributed by atoms with Gasteiger partial charge in [-0.2, -0.15) is 0 Å². The molecule has 0 spiro atoms. The zero-order chi connectivity index (χ0) is 13.0. The highest BCUT2D eigenvalue weighted by Gasteiger charge is 2.12. The quantitative estimate of drug-likeness (QED) is 0.897. The van der Waals surface area contributed by atoms with Gasteiger partial charge in [0, 0.05) is 5.56 Å². The third-order valence-corrected chi connectivity index (χ3v) is 2.76. The van der Waals surface area contributed by atoms with E-state index in [1.807, 2.05) is 0 Å². The second-order valence-electron chi connectivity index (χ2n) is 3.91. The molecule has 1 N–H and O–H groups in total. The zero-order valence-electron chi connectivity index (χ0n) is 10.0. The first-order valence-electron chi connectivity index (χ1n) is 5.63. The molecule has 0 aliphatic rings. The molecule has 0 saturated carbocycles. The number of benzene rings is 1. The molecule has 92 valence electrons. The molecule has 0 aliphatic carbocycles. The molecule has 1 unspecified atom stereocenters. The second kappa shape index (κ2) is 5.47. The first kappa shape index (κ1) is 12.3. The van der Waals surface area contributed by atoms with E-state index in [0.29, 0.717) is 16.9 Å². The topological polar surface area (TPSA) is 46.5 Å². The molecule has 0 radical (unpaired) electrons. The molecule has 3 nitrogen and oxygen atoms in total. The highest BCUT2D eigenvalue weighted by atomic mass is 16.5. The van der Waals surface area contributed by atoms with E-state index in [9.17, 15) is 9.90 Å². The smallest absolute Gasteiger partial charge is 0.184 e. The monoisotopic (exact) mass is 242 g/mol. The van der Waals surface area contributed by atoms with E-state index < -0.39 is 6.10 Å². The lowest BCUT2D eigenvalue weighted by Gasteiger charge is -2.10. The van der Waals surface area contributed by atoms with Gasteiger partial charge in [-0.25, -0.2) is 0 Å². The fourth-order valence-corrected chi connectivity index (χ4v) is 1.74. The van der Waals surface area contributed by atoms with E-state index in [-0.39, 0.29) is 5.43 Å². The van der Waals surface area contributed by atoms with E-state index in [1.165, 1.54) is 6.07 Å². The summed E-state index contributed by atoms with van der Waals surface area (Å²) < 4.78 is 5.05. The fraction of sp³-hybridized carbons (Fsp3) is 0.133. The molecule has 0 heterocycles. The van der Waals surface area contributed by atoms with Gasteiger partial charge in [0.15, 0.2) is 5.43 Å². The summed E-state index contributed by atoms with van der Waals surface area (Å²) in [5.41, 5.74) is 0.854. The Kier molecular flexibility index (Phi) is 3.75. The van der Waals surface area contributed by atoms with Crippen molar-refractivity contribution in [3.63, 3.8) is 0 Å². The van der Waals surface area contributed by atoms with Crippen LogP contribution in [0.25, 0.3) is 0 Å². The minimum Gasteiger partial charge on any atom is -0.497 e. The van der Waals surface area contributed by atoms with Gasteiger partial charge < -0.3 is 9.84 Å². The van der Waals surface area contributed by atoms with Gasteiger partial charge in [0.25, 0.3) is 0 Å². The van der Waals surface area contributed by atoms with Crippen LogP contribution in [0.15, 0.2) is 59.4 Å². The highest BCUT2D eigenvalue weighted by molar-refractivity contribution is 5.33. The Morgan fingerprint density at radius 1 is 1.00 bits per heavy atom. The van der Waals surface area contributed by atoms with Gasteiger partial charge in [-0.3, -0.25) is 4.79 Å². The largest absolute Gasteiger partial charge is 0.497 e. The van der Waals surface area contributed by atoms with Crippen LogP contribution in [0, 0.1) is 0 Å². The number of aliphatic hydroxyl groups is 1. The SMILES string of the molecule is COc1ccc(C(O)c2cccccc2=O)cc1. The van der Waals surface area contributed by atoms with Crippen molar-refractivity contribution in [1.82, 2.24) is 0 Å². The average Bonchev–Trinajstić information content (AvgIpc) is 2.63. The van der Waals surface area contributed by atoms with E-state index >= 15 is 0 Å². The number of hydrogen-bond acceptors (Lipinski definition) is 3. The van der Waals surface area contributed by atoms with Gasteiger partial charge in [0.05, 0.1) is 7.11 Å². The summed E-state index contributed by atoms with van der Waals surface area (Å²) in [5.74, 6) is 0.715. The van der Waals surface area contributed by atoms with Crippen molar-refractivity contribution >= 4 is 0 Å². The number of aliphatic hydroxyl groups excluding tert-OH is 1. The molecule has 3 heteroatoms. The molecule has 0 aliphatic heterocycles. The van der Waals surface area contributed by atoms with Crippen molar-refractivity contribution < 1.29 is 9.84 Å². The molecule has 0 bridgehead atoms. The minimum atomic E-state index is -0.921. The van der Waals surface area contributed by atoms with Gasteiger partial charge in [0.2, 0.25) is 0 Å². The number of hydrogen-bond donors (Lipinski definition) is 1. The Morgan fingerprint density at radius 2 is 1.67 bits per heavy atom. The Hall–Kier alpha value is -2.13. The summed E-state index contributed by atoms with van der Waals surface area (Å²) >= 11 is 0. The third kappa shape index (κ3) is 2.57. The lowest BCUT2D eigenvalue weighted by molar-refractivity contribution is 0.219. The highest BCUT2D eigenvalue weighted by Crippen LogP contribution is 2.21. The predicted octanol–water partition coefficient (Wildman–Crippen LogP) is 2.14. The Labute approximate surface area is 105 Å². The Morgan fingerprint density at radius 3 is 2.33 bits per heavy atom. The van der Waals surface area contributed by atoms with Crippen LogP contribution in [0.1, 0.15) is 17.2 Å². The van der Waals surface area contributed by atoms with Gasteiger partial charge in [-0.1, -0.05) is 36.4 Å². The average molecular weight is 242 g/mol. The van der Waals surface area contributed by atoms with Crippen LogP contribution >= 0.6 is 0 Å². The number of rotatable bonds is 3. The van der Waals surface area contributed by atoms with Crippen molar-refractivity contribution in [2.45, 2.75) is 6.10 Å². The van der Waals surface area contributed by atoms with Crippen molar-refractivity contribution in [1.29, 1.82) is 0 Å². The zero-order valence-corrected chi connectivity index (χ0v) is 10.0. The third-order valence-electron chi connectivity index (χ3n) is 2.76. The second-order valence-corrected chi connectivity index (χ2v) is 3.91. The van der Waals surface area contributed by atoms with Crippen LogP contribution < -0.4 is 10.2 Å². The van der Waals surface area contributed by atoms with Gasteiger partial charge in [0.1, 0.15) is 11.9 Å². The molecule has 0 amide bonds. The summed E-state index contributed by atoms with van der Waals surface area (Å²) in [7, 11) is 1.58. The van der Waals surface area contributed by atoms with Crippen molar-refractivity contribution in [3.8, 4) is 5.75 Å². The van der Waals surface area contributed by atoms with Crippen molar-refractivity contribution in [2.24, 2.45) is 0 Å².